The molecule has 3 aromatic carbocycles. The van der Waals surface area contributed by atoms with Gasteiger partial charge in [0.05, 0.1) is 33.2 Å². The number of benzene rings is 3. The number of thiazole rings is 1. The third-order valence-corrected chi connectivity index (χ3v) is 11.2. The maximum Gasteiger partial charge on any atom is 0.273 e. The Morgan fingerprint density at radius 1 is 0.826 bits per heavy atom. The number of carbonyl (C=O) groups excluding carboxylic acids is 1. The maximum absolute atomic E-state index is 13.7. The van der Waals surface area contributed by atoms with Crippen LogP contribution in [0.15, 0.2) is 118 Å². The molecule has 0 spiro atoms. The molecule has 3 heterocycles. The average molecular weight is 682 g/mol. The van der Waals surface area contributed by atoms with Gasteiger partial charge in [-0.15, -0.1) is 11.3 Å². The summed E-state index contributed by atoms with van der Waals surface area (Å²) in [5.41, 5.74) is 4.96. The van der Waals surface area contributed by atoms with Crippen molar-refractivity contribution in [1.82, 2.24) is 4.57 Å². The molecule has 0 saturated carbocycles. The molecule has 6 nitrogen and oxygen atoms in total. The number of allylic oxidation sites excluding steroid dienone is 5. The molecular formula is C36H31N3O3S4. The Kier molecular flexibility index (Phi) is 9.91. The van der Waals surface area contributed by atoms with Crippen molar-refractivity contribution < 1.29 is 9.53 Å². The number of para-hydroxylation sites is 2. The molecule has 4 aromatic rings. The first kappa shape index (κ1) is 32.0. The van der Waals surface area contributed by atoms with E-state index < -0.39 is 0 Å². The van der Waals surface area contributed by atoms with Crippen LogP contribution >= 0.6 is 47.1 Å². The van der Waals surface area contributed by atoms with Crippen molar-refractivity contribution in [3.8, 4) is 5.69 Å². The topological polar surface area (TPSA) is 54.8 Å². The molecule has 0 bridgehead atoms. The van der Waals surface area contributed by atoms with Crippen molar-refractivity contribution in [3.05, 3.63) is 139 Å². The van der Waals surface area contributed by atoms with E-state index in [0.717, 1.165) is 11.6 Å². The first-order valence-corrected chi connectivity index (χ1v) is 17.5. The molecule has 46 heavy (non-hydrogen) atoms. The smallest absolute Gasteiger partial charge is 0.273 e. The summed E-state index contributed by atoms with van der Waals surface area (Å²) in [5.74, 6) is -0.234. The fraction of sp³-hybridized carbons (Fsp3) is 0.139. The van der Waals surface area contributed by atoms with Crippen molar-refractivity contribution in [3.63, 3.8) is 0 Å². The van der Waals surface area contributed by atoms with E-state index in [1.165, 1.54) is 49.7 Å². The van der Waals surface area contributed by atoms with Gasteiger partial charge in [0, 0.05) is 18.6 Å². The van der Waals surface area contributed by atoms with Gasteiger partial charge in [0.1, 0.15) is 9.57 Å². The van der Waals surface area contributed by atoms with Crippen LogP contribution in [0.4, 0.5) is 11.4 Å². The molecule has 0 N–H and O–H groups in total. The number of thioether (sulfide) groups is 2. The minimum atomic E-state index is -0.234. The van der Waals surface area contributed by atoms with E-state index in [-0.39, 0.29) is 11.5 Å². The first-order chi connectivity index (χ1) is 22.4. The molecule has 1 fully saturated rings. The molecule has 2 aliphatic rings. The molecule has 2 aliphatic heterocycles. The quantitative estimate of drug-likeness (QED) is 0.152. The molecule has 0 unspecified atom stereocenters. The second kappa shape index (κ2) is 14.2. The maximum atomic E-state index is 13.7. The predicted molar refractivity (Wildman–Crippen MR) is 199 cm³/mol. The second-order valence-electron chi connectivity index (χ2n) is 10.5. The van der Waals surface area contributed by atoms with E-state index >= 15 is 0 Å². The zero-order valence-electron chi connectivity index (χ0n) is 25.5. The lowest BCUT2D eigenvalue weighted by atomic mass is 10.1. The van der Waals surface area contributed by atoms with E-state index in [9.17, 15) is 9.59 Å². The van der Waals surface area contributed by atoms with Crippen LogP contribution in [0.3, 0.4) is 0 Å². The van der Waals surface area contributed by atoms with Crippen LogP contribution in [0.1, 0.15) is 11.1 Å². The molecule has 6 rings (SSSR count). The van der Waals surface area contributed by atoms with Gasteiger partial charge in [0.2, 0.25) is 0 Å². The summed E-state index contributed by atoms with van der Waals surface area (Å²) >= 11 is 9.87. The standard InChI is InChI=1S/C36H31N3O3S4/c1-24-22-28-30(23-25(24)2)44-31(37(28)20-21-42-3)19-13-5-4-12-18-29-33(40)38(26-14-8-6-9-15-26)35(45-29)32-34(41)39(36(43)46-32)27-16-10-7-11-17-27/h4-19,22-23H,20-21H2,1-3H3/b12-4+,13-5+,29-18+,31-19-,35-32-. The summed E-state index contributed by atoms with van der Waals surface area (Å²) in [6, 6.07) is 23.2. The molecule has 0 aliphatic carbocycles. The third-order valence-electron chi connectivity index (χ3n) is 7.50. The number of nitrogens with zero attached hydrogens (tertiary/aromatic N) is 3. The normalized spacial score (nSPS) is 17.5. The number of anilines is 2. The van der Waals surface area contributed by atoms with E-state index in [0.29, 0.717) is 36.4 Å². The number of aryl methyl sites for hydroxylation is 2. The van der Waals surface area contributed by atoms with Gasteiger partial charge in [0.15, 0.2) is 4.32 Å². The van der Waals surface area contributed by atoms with Crippen molar-refractivity contribution in [1.29, 1.82) is 0 Å². The van der Waals surface area contributed by atoms with E-state index in [1.54, 1.807) is 29.5 Å². The number of methoxy groups -OCH3 is 1. The SMILES string of the molecule is COCCN1/C(=C/C=C/C=C/C=c2/s/c(=C3\SC(=S)N(c4ccccc4)C3=O)n(-c3ccccc3)c2=O)Sc2cc(C)c(C)cc21. The molecule has 1 amide bonds. The van der Waals surface area contributed by atoms with Gasteiger partial charge in [-0.25, -0.2) is 0 Å². The number of ether oxygens (including phenoxy) is 1. The number of hydrogen-bond acceptors (Lipinski definition) is 8. The van der Waals surface area contributed by atoms with Gasteiger partial charge < -0.3 is 9.64 Å². The first-order valence-electron chi connectivity index (χ1n) is 14.6. The summed E-state index contributed by atoms with van der Waals surface area (Å²) in [6.45, 7) is 5.68. The Labute approximate surface area is 285 Å². The Morgan fingerprint density at radius 2 is 1.48 bits per heavy atom. The molecule has 0 atom stereocenters. The number of rotatable bonds is 8. The summed E-state index contributed by atoms with van der Waals surface area (Å²) in [7, 11) is 1.72. The van der Waals surface area contributed by atoms with E-state index in [4.69, 9.17) is 17.0 Å². The highest BCUT2D eigenvalue weighted by Crippen LogP contribution is 2.47. The fourth-order valence-corrected chi connectivity index (χ4v) is 8.73. The fourth-order valence-electron chi connectivity index (χ4n) is 5.06. The number of amides is 1. The van der Waals surface area contributed by atoms with Crippen LogP contribution in [0, 0.1) is 13.8 Å². The number of carbonyl (C=O) groups is 1. The number of hydrogen-bond donors (Lipinski definition) is 0. The monoisotopic (exact) mass is 681 g/mol. The minimum absolute atomic E-state index is 0.189. The van der Waals surface area contributed by atoms with E-state index in [1.807, 2.05) is 85.0 Å². The average Bonchev–Trinajstić information content (AvgIpc) is 3.67. The van der Waals surface area contributed by atoms with Crippen molar-refractivity contribution in [2.24, 2.45) is 0 Å². The van der Waals surface area contributed by atoms with Crippen LogP contribution in [0.5, 0.6) is 0 Å². The number of fused-ring (bicyclic) bond motifs is 1. The summed E-state index contributed by atoms with van der Waals surface area (Å²) in [4.78, 5) is 32.9. The molecule has 0 radical (unpaired) electrons. The van der Waals surface area contributed by atoms with Crippen LogP contribution in [-0.4, -0.2) is 35.1 Å². The van der Waals surface area contributed by atoms with Crippen LogP contribution in [-0.2, 0) is 9.53 Å². The van der Waals surface area contributed by atoms with Gasteiger partial charge in [-0.2, -0.15) is 0 Å². The lowest BCUT2D eigenvalue weighted by Crippen LogP contribution is -2.32. The lowest BCUT2D eigenvalue weighted by molar-refractivity contribution is -0.112. The Bertz CT molecular complexity index is 2080. The van der Waals surface area contributed by atoms with Crippen molar-refractivity contribution in [2.75, 3.05) is 30.1 Å². The zero-order chi connectivity index (χ0) is 32.2. The molecular weight excluding hydrogens is 651 g/mol. The molecule has 1 aromatic heterocycles. The largest absolute Gasteiger partial charge is 0.383 e. The predicted octanol–water partition coefficient (Wildman–Crippen LogP) is 6.68. The Balaban J connectivity index is 1.31. The highest BCUT2D eigenvalue weighted by Gasteiger charge is 2.35. The van der Waals surface area contributed by atoms with Crippen LogP contribution in [0.2, 0.25) is 0 Å². The summed E-state index contributed by atoms with van der Waals surface area (Å²) < 4.78 is 8.49. The Hall–Kier alpha value is -3.93. The van der Waals surface area contributed by atoms with Crippen LogP contribution < -0.4 is 24.6 Å². The molecule has 1 saturated heterocycles. The van der Waals surface area contributed by atoms with Gasteiger partial charge in [-0.1, -0.05) is 96.4 Å². The molecule has 10 heteroatoms. The highest BCUT2D eigenvalue weighted by molar-refractivity contribution is 8.31. The number of thiocarbonyl (C=S) groups is 1. The summed E-state index contributed by atoms with van der Waals surface area (Å²) in [6.07, 6.45) is 11.6. The highest BCUT2D eigenvalue weighted by atomic mass is 32.2. The third kappa shape index (κ3) is 6.49. The van der Waals surface area contributed by atoms with E-state index in [2.05, 4.69) is 37.0 Å². The van der Waals surface area contributed by atoms with Crippen molar-refractivity contribution >= 4 is 79.7 Å². The van der Waals surface area contributed by atoms with Crippen LogP contribution in [0.25, 0.3) is 16.7 Å². The van der Waals surface area contributed by atoms with Gasteiger partial charge in [-0.05, 0) is 73.5 Å². The second-order valence-corrected chi connectivity index (χ2v) is 14.2. The minimum Gasteiger partial charge on any atom is -0.383 e. The van der Waals surface area contributed by atoms with Gasteiger partial charge in [0.25, 0.3) is 11.5 Å². The van der Waals surface area contributed by atoms with Gasteiger partial charge >= 0.3 is 0 Å². The molecule has 232 valence electrons. The zero-order valence-corrected chi connectivity index (χ0v) is 28.8. The summed E-state index contributed by atoms with van der Waals surface area (Å²) in [5, 5.41) is 1.14. The number of aromatic nitrogens is 1. The van der Waals surface area contributed by atoms with Gasteiger partial charge in [-0.3, -0.25) is 19.1 Å². The Morgan fingerprint density at radius 3 is 2.17 bits per heavy atom. The van der Waals surface area contributed by atoms with Crippen molar-refractivity contribution in [2.45, 2.75) is 18.7 Å². The lowest BCUT2D eigenvalue weighted by Gasteiger charge is -2.20.